The fraction of sp³-hybridized carbons (Fsp3) is 0.231. The highest BCUT2D eigenvalue weighted by Gasteiger charge is 2.27. The van der Waals surface area contributed by atoms with E-state index in [0.717, 1.165) is 46.1 Å². The van der Waals surface area contributed by atoms with Crippen LogP contribution in [0.3, 0.4) is 0 Å². The summed E-state index contributed by atoms with van der Waals surface area (Å²) in [7, 11) is 0. The van der Waals surface area contributed by atoms with Gasteiger partial charge in [-0.1, -0.05) is 48.5 Å². The second-order valence-corrected chi connectivity index (χ2v) is 8.22. The van der Waals surface area contributed by atoms with Gasteiger partial charge >= 0.3 is 0 Å². The van der Waals surface area contributed by atoms with E-state index in [0.29, 0.717) is 24.2 Å². The fourth-order valence-electron chi connectivity index (χ4n) is 4.76. The largest absolute Gasteiger partial charge is 0.361 e. The monoisotopic (exact) mass is 411 g/mol. The number of aromatic amines is 2. The second-order valence-electron chi connectivity index (χ2n) is 8.22. The van der Waals surface area contributed by atoms with Crippen molar-refractivity contribution in [1.82, 2.24) is 15.3 Å². The number of Topliss-reactive ketones (excluding diaryl/α,β-unsaturated/α-hetero) is 1. The maximum absolute atomic E-state index is 13.1. The van der Waals surface area contributed by atoms with E-state index in [1.807, 2.05) is 43.5 Å². The molecule has 0 spiro atoms. The van der Waals surface area contributed by atoms with Gasteiger partial charge in [0.15, 0.2) is 5.78 Å². The van der Waals surface area contributed by atoms with Gasteiger partial charge in [-0.15, -0.1) is 0 Å². The summed E-state index contributed by atoms with van der Waals surface area (Å²) in [6, 6.07) is 18.4. The maximum atomic E-state index is 13.1. The molecule has 2 aromatic carbocycles. The highest BCUT2D eigenvalue weighted by molar-refractivity contribution is 6.04. The third-order valence-corrected chi connectivity index (χ3v) is 6.33. The molecule has 3 N–H and O–H groups in total. The van der Waals surface area contributed by atoms with Gasteiger partial charge in [0.1, 0.15) is 5.69 Å². The van der Waals surface area contributed by atoms with Crippen LogP contribution < -0.4 is 5.32 Å². The first kappa shape index (κ1) is 19.4. The summed E-state index contributed by atoms with van der Waals surface area (Å²) >= 11 is 0. The topological polar surface area (TPSA) is 77.8 Å². The Hall–Kier alpha value is -3.60. The number of rotatable bonds is 5. The molecule has 1 aliphatic carbocycles. The van der Waals surface area contributed by atoms with Gasteiger partial charge in [-0.05, 0) is 42.5 Å². The highest BCUT2D eigenvalue weighted by atomic mass is 16.2. The zero-order valence-electron chi connectivity index (χ0n) is 17.5. The molecule has 0 aliphatic heterocycles. The molecule has 156 valence electrons. The van der Waals surface area contributed by atoms with E-state index in [9.17, 15) is 9.59 Å². The molecule has 0 saturated heterocycles. The van der Waals surface area contributed by atoms with Crippen LogP contribution in [0.5, 0.6) is 0 Å². The van der Waals surface area contributed by atoms with E-state index in [2.05, 4.69) is 39.6 Å². The molecular weight excluding hydrogens is 386 g/mol. The number of carbonyl (C=O) groups is 2. The lowest BCUT2D eigenvalue weighted by molar-refractivity contribution is 0.0946. The van der Waals surface area contributed by atoms with E-state index >= 15 is 0 Å². The van der Waals surface area contributed by atoms with Gasteiger partial charge in [-0.2, -0.15) is 0 Å². The molecule has 0 bridgehead atoms. The van der Waals surface area contributed by atoms with Gasteiger partial charge in [0.25, 0.3) is 5.91 Å². The Morgan fingerprint density at radius 2 is 1.84 bits per heavy atom. The summed E-state index contributed by atoms with van der Waals surface area (Å²) < 4.78 is 0. The fourth-order valence-corrected chi connectivity index (χ4v) is 4.76. The molecule has 5 rings (SSSR count). The van der Waals surface area contributed by atoms with Gasteiger partial charge in [-0.3, -0.25) is 9.59 Å². The van der Waals surface area contributed by atoms with Crippen LogP contribution in [-0.2, 0) is 6.42 Å². The summed E-state index contributed by atoms with van der Waals surface area (Å²) in [4.78, 5) is 32.0. The minimum atomic E-state index is -0.166. The first-order valence-electron chi connectivity index (χ1n) is 10.8. The number of amides is 1. The standard InChI is InChI=1S/C26H25N3O2/c1-16-24-22(12-7-13-23(24)30)29-25(16)26(31)28-14-19(17-8-3-2-4-9-17)20-15-27-21-11-6-5-10-18(20)21/h2-6,8-11,15,19,27,29H,7,12-14H2,1H3,(H,28,31). The number of H-pyrrole nitrogens is 2. The molecule has 1 unspecified atom stereocenters. The molecular formula is C26H25N3O2. The van der Waals surface area contributed by atoms with Crippen molar-refractivity contribution < 1.29 is 9.59 Å². The van der Waals surface area contributed by atoms with Gasteiger partial charge in [-0.25, -0.2) is 0 Å². The normalized spacial score (nSPS) is 14.4. The lowest BCUT2D eigenvalue weighted by atomic mass is 9.91. The Kier molecular flexibility index (Phi) is 4.94. The van der Waals surface area contributed by atoms with Crippen LogP contribution in [0.25, 0.3) is 10.9 Å². The van der Waals surface area contributed by atoms with Crippen LogP contribution in [0.1, 0.15) is 62.0 Å². The van der Waals surface area contributed by atoms with E-state index < -0.39 is 0 Å². The third kappa shape index (κ3) is 3.46. The van der Waals surface area contributed by atoms with Crippen molar-refractivity contribution in [3.8, 4) is 0 Å². The molecule has 0 radical (unpaired) electrons. The SMILES string of the molecule is Cc1c(C(=O)NCC(c2ccccc2)c2c[nH]c3ccccc23)[nH]c2c1C(=O)CCC2. The van der Waals surface area contributed by atoms with Crippen LogP contribution in [0.2, 0.25) is 0 Å². The van der Waals surface area contributed by atoms with Crippen LogP contribution in [-0.4, -0.2) is 28.2 Å². The Balaban J connectivity index is 1.45. The molecule has 5 nitrogen and oxygen atoms in total. The van der Waals surface area contributed by atoms with Crippen LogP contribution in [0.4, 0.5) is 0 Å². The van der Waals surface area contributed by atoms with Crippen molar-refractivity contribution >= 4 is 22.6 Å². The minimum absolute atomic E-state index is 0.00725. The zero-order chi connectivity index (χ0) is 21.4. The molecule has 2 heterocycles. The third-order valence-electron chi connectivity index (χ3n) is 6.33. The minimum Gasteiger partial charge on any atom is -0.361 e. The number of benzene rings is 2. The van der Waals surface area contributed by atoms with Gasteiger partial charge in [0.05, 0.1) is 0 Å². The van der Waals surface area contributed by atoms with E-state index in [4.69, 9.17) is 0 Å². The predicted octanol–water partition coefficient (Wildman–Crippen LogP) is 4.89. The summed E-state index contributed by atoms with van der Waals surface area (Å²) in [6.07, 6.45) is 4.25. The average Bonchev–Trinajstić information content (AvgIpc) is 3.37. The number of aryl methyl sites for hydroxylation is 1. The number of fused-ring (bicyclic) bond motifs is 2. The lowest BCUT2D eigenvalue weighted by Gasteiger charge is -2.18. The predicted molar refractivity (Wildman–Crippen MR) is 122 cm³/mol. The number of hydrogen-bond acceptors (Lipinski definition) is 2. The average molecular weight is 412 g/mol. The number of carbonyl (C=O) groups excluding carboxylic acids is 2. The van der Waals surface area contributed by atoms with Crippen LogP contribution in [0.15, 0.2) is 60.8 Å². The molecule has 5 heteroatoms. The van der Waals surface area contributed by atoms with E-state index in [1.54, 1.807) is 0 Å². The van der Waals surface area contributed by atoms with Gasteiger partial charge < -0.3 is 15.3 Å². The quantitative estimate of drug-likeness (QED) is 0.437. The smallest absolute Gasteiger partial charge is 0.268 e. The molecule has 1 amide bonds. The number of hydrogen-bond donors (Lipinski definition) is 3. The second kappa shape index (κ2) is 7.91. The Morgan fingerprint density at radius 3 is 2.65 bits per heavy atom. The molecule has 2 aromatic heterocycles. The van der Waals surface area contributed by atoms with Crippen LogP contribution >= 0.6 is 0 Å². The highest BCUT2D eigenvalue weighted by Crippen LogP contribution is 2.31. The molecule has 1 aliphatic rings. The first-order chi connectivity index (χ1) is 15.1. The van der Waals surface area contributed by atoms with Crippen molar-refractivity contribution in [2.24, 2.45) is 0 Å². The van der Waals surface area contributed by atoms with Gasteiger partial charge in [0.2, 0.25) is 0 Å². The number of aromatic nitrogens is 2. The summed E-state index contributed by atoms with van der Waals surface area (Å²) in [5, 5.41) is 4.28. The molecule has 4 aromatic rings. The van der Waals surface area contributed by atoms with Crippen molar-refractivity contribution in [3.63, 3.8) is 0 Å². The summed E-state index contributed by atoms with van der Waals surface area (Å²) in [5.74, 6) is -0.0247. The number of ketones is 1. The summed E-state index contributed by atoms with van der Waals surface area (Å²) in [6.45, 7) is 2.32. The zero-order valence-corrected chi connectivity index (χ0v) is 17.5. The van der Waals surface area contributed by atoms with Crippen molar-refractivity contribution in [2.45, 2.75) is 32.1 Å². The van der Waals surface area contributed by atoms with Crippen molar-refractivity contribution in [1.29, 1.82) is 0 Å². The maximum Gasteiger partial charge on any atom is 0.268 e. The number of nitrogens with one attached hydrogen (secondary N) is 3. The Labute approximate surface area is 180 Å². The van der Waals surface area contributed by atoms with Crippen LogP contribution in [0, 0.1) is 6.92 Å². The molecule has 31 heavy (non-hydrogen) atoms. The molecule has 1 atom stereocenters. The Morgan fingerprint density at radius 1 is 1.06 bits per heavy atom. The number of para-hydroxylation sites is 1. The summed E-state index contributed by atoms with van der Waals surface area (Å²) in [5.41, 5.74) is 6.26. The first-order valence-corrected chi connectivity index (χ1v) is 10.8. The van der Waals surface area contributed by atoms with E-state index in [-0.39, 0.29) is 17.6 Å². The van der Waals surface area contributed by atoms with Crippen molar-refractivity contribution in [3.05, 3.63) is 94.4 Å². The molecule has 0 fully saturated rings. The Bertz CT molecular complexity index is 1270. The van der Waals surface area contributed by atoms with E-state index in [1.165, 1.54) is 0 Å². The lowest BCUT2D eigenvalue weighted by Crippen LogP contribution is -2.29. The van der Waals surface area contributed by atoms with Gasteiger partial charge in [0, 0.05) is 47.2 Å². The molecule has 0 saturated carbocycles. The van der Waals surface area contributed by atoms with Crippen molar-refractivity contribution in [2.75, 3.05) is 6.54 Å².